The number of aliphatic imine (C=N–C) groups is 1. The van der Waals surface area contributed by atoms with Crippen molar-refractivity contribution in [3.05, 3.63) is 58.9 Å². The minimum atomic E-state index is 0. The van der Waals surface area contributed by atoms with Crippen molar-refractivity contribution in [1.82, 2.24) is 4.98 Å². The number of halogens is 2. The van der Waals surface area contributed by atoms with Crippen LogP contribution < -0.4 is 11.1 Å². The van der Waals surface area contributed by atoms with Crippen LogP contribution in [0.15, 0.2) is 47.6 Å². The highest BCUT2D eigenvalue weighted by Crippen LogP contribution is 2.15. The van der Waals surface area contributed by atoms with Gasteiger partial charge in [0.25, 0.3) is 0 Å². The second kappa shape index (κ2) is 9.60. The summed E-state index contributed by atoms with van der Waals surface area (Å²) in [6.45, 7) is 0.900. The van der Waals surface area contributed by atoms with E-state index < -0.39 is 0 Å². The first-order valence-electron chi connectivity index (χ1n) is 6.43. The normalized spacial score (nSPS) is 10.9. The minimum Gasteiger partial charge on any atom is -0.380 e. The molecule has 0 fully saturated rings. The lowest BCUT2D eigenvalue weighted by molar-refractivity contribution is 0.185. The number of rotatable bonds is 5. The summed E-state index contributed by atoms with van der Waals surface area (Å²) >= 11 is 5.78. The van der Waals surface area contributed by atoms with E-state index in [9.17, 15) is 0 Å². The van der Waals surface area contributed by atoms with Crippen molar-refractivity contribution in [2.45, 2.75) is 13.2 Å². The van der Waals surface area contributed by atoms with Crippen LogP contribution in [0, 0.1) is 0 Å². The van der Waals surface area contributed by atoms with E-state index in [1.54, 1.807) is 19.4 Å². The fourth-order valence-electron chi connectivity index (χ4n) is 1.77. The van der Waals surface area contributed by atoms with Gasteiger partial charge in [0.05, 0.1) is 23.9 Å². The Morgan fingerprint density at radius 2 is 2.09 bits per heavy atom. The lowest BCUT2D eigenvalue weighted by Gasteiger charge is -2.10. The van der Waals surface area contributed by atoms with Gasteiger partial charge >= 0.3 is 0 Å². The molecule has 0 aliphatic rings. The molecule has 0 radical (unpaired) electrons. The van der Waals surface area contributed by atoms with Gasteiger partial charge in [-0.15, -0.1) is 24.0 Å². The molecule has 0 aliphatic heterocycles. The van der Waals surface area contributed by atoms with Crippen LogP contribution in [0.1, 0.15) is 11.3 Å². The van der Waals surface area contributed by atoms with Gasteiger partial charge in [0, 0.05) is 24.6 Å². The molecule has 5 nitrogen and oxygen atoms in total. The lowest BCUT2D eigenvalue weighted by atomic mass is 10.2. The zero-order valence-electron chi connectivity index (χ0n) is 12.1. The molecule has 1 aromatic carbocycles. The number of anilines is 1. The summed E-state index contributed by atoms with van der Waals surface area (Å²) in [5.41, 5.74) is 8.59. The standard InChI is InChI=1S/C15H17ClN4O.HI/c1-21-10-11-4-2-3-5-14(11)20-15(17)19-9-13-7-6-12(16)8-18-13;/h2-8H,9-10H2,1H3,(H3,17,19,20);1H. The summed E-state index contributed by atoms with van der Waals surface area (Å²) in [7, 11) is 1.65. The number of hydrogen-bond acceptors (Lipinski definition) is 3. The number of nitrogens with one attached hydrogen (secondary N) is 1. The second-order valence-corrected chi connectivity index (χ2v) is 4.82. The van der Waals surface area contributed by atoms with E-state index in [1.807, 2.05) is 30.3 Å². The number of ether oxygens (including phenoxy) is 1. The number of pyridine rings is 1. The van der Waals surface area contributed by atoms with E-state index in [0.29, 0.717) is 24.1 Å². The van der Waals surface area contributed by atoms with Crippen molar-refractivity contribution < 1.29 is 4.74 Å². The summed E-state index contributed by atoms with van der Waals surface area (Å²) in [5.74, 6) is 0.329. The third kappa shape index (κ3) is 5.78. The molecule has 3 N–H and O–H groups in total. The predicted molar refractivity (Wildman–Crippen MR) is 101 cm³/mol. The molecule has 0 spiro atoms. The first kappa shape index (κ1) is 18.7. The zero-order valence-corrected chi connectivity index (χ0v) is 15.2. The molecule has 0 saturated carbocycles. The summed E-state index contributed by atoms with van der Waals surface area (Å²) in [4.78, 5) is 8.42. The summed E-state index contributed by atoms with van der Waals surface area (Å²) in [5, 5.41) is 3.67. The van der Waals surface area contributed by atoms with Gasteiger partial charge in [0.15, 0.2) is 5.96 Å². The van der Waals surface area contributed by atoms with Gasteiger partial charge in [-0.3, -0.25) is 4.98 Å². The average molecular weight is 433 g/mol. The third-order valence-electron chi connectivity index (χ3n) is 2.78. The Bertz CT molecular complexity index is 619. The predicted octanol–water partition coefficient (Wildman–Crippen LogP) is 3.43. The van der Waals surface area contributed by atoms with E-state index in [0.717, 1.165) is 16.9 Å². The highest BCUT2D eigenvalue weighted by molar-refractivity contribution is 14.0. The minimum absolute atomic E-state index is 0. The van der Waals surface area contributed by atoms with Gasteiger partial charge in [-0.2, -0.15) is 0 Å². The molecule has 0 aliphatic carbocycles. The Balaban J connectivity index is 0.00000242. The Morgan fingerprint density at radius 3 is 2.77 bits per heavy atom. The van der Waals surface area contributed by atoms with Crippen molar-refractivity contribution in [1.29, 1.82) is 0 Å². The smallest absolute Gasteiger partial charge is 0.193 e. The quantitative estimate of drug-likeness (QED) is 0.431. The van der Waals surface area contributed by atoms with Gasteiger partial charge in [-0.1, -0.05) is 29.8 Å². The largest absolute Gasteiger partial charge is 0.380 e. The number of nitrogens with zero attached hydrogens (tertiary/aromatic N) is 2. The first-order chi connectivity index (χ1) is 10.2. The van der Waals surface area contributed by atoms with Crippen molar-refractivity contribution in [3.8, 4) is 0 Å². The van der Waals surface area contributed by atoms with Crippen molar-refractivity contribution in [2.75, 3.05) is 12.4 Å². The van der Waals surface area contributed by atoms with E-state index in [1.165, 1.54) is 0 Å². The molecule has 118 valence electrons. The topological polar surface area (TPSA) is 72.5 Å². The van der Waals surface area contributed by atoms with Crippen LogP contribution in [-0.4, -0.2) is 18.1 Å². The number of para-hydroxylation sites is 1. The summed E-state index contributed by atoms with van der Waals surface area (Å²) in [6, 6.07) is 11.4. The molecule has 2 rings (SSSR count). The maximum absolute atomic E-state index is 5.89. The van der Waals surface area contributed by atoms with Crippen LogP contribution in [0.4, 0.5) is 5.69 Å². The van der Waals surface area contributed by atoms with Crippen LogP contribution in [0.3, 0.4) is 0 Å². The van der Waals surface area contributed by atoms with E-state index in [2.05, 4.69) is 15.3 Å². The summed E-state index contributed by atoms with van der Waals surface area (Å²) < 4.78 is 5.15. The van der Waals surface area contributed by atoms with Gasteiger partial charge < -0.3 is 15.8 Å². The molecule has 1 aromatic heterocycles. The summed E-state index contributed by atoms with van der Waals surface area (Å²) in [6.07, 6.45) is 1.59. The van der Waals surface area contributed by atoms with Crippen LogP contribution in [-0.2, 0) is 17.9 Å². The average Bonchev–Trinajstić information content (AvgIpc) is 2.49. The van der Waals surface area contributed by atoms with Crippen LogP contribution in [0.2, 0.25) is 5.02 Å². The van der Waals surface area contributed by atoms with Gasteiger partial charge in [-0.05, 0) is 18.2 Å². The second-order valence-electron chi connectivity index (χ2n) is 4.38. The van der Waals surface area contributed by atoms with Crippen LogP contribution in [0.25, 0.3) is 0 Å². The fourth-order valence-corrected chi connectivity index (χ4v) is 1.88. The van der Waals surface area contributed by atoms with Gasteiger partial charge in [0.2, 0.25) is 0 Å². The monoisotopic (exact) mass is 432 g/mol. The van der Waals surface area contributed by atoms with E-state index in [-0.39, 0.29) is 24.0 Å². The SMILES string of the molecule is COCc1ccccc1NC(N)=NCc1ccc(Cl)cn1.I. The van der Waals surface area contributed by atoms with E-state index in [4.69, 9.17) is 22.1 Å². The Morgan fingerprint density at radius 1 is 1.32 bits per heavy atom. The molecule has 0 amide bonds. The van der Waals surface area contributed by atoms with E-state index >= 15 is 0 Å². The Kier molecular flexibility index (Phi) is 8.15. The maximum atomic E-state index is 5.89. The molecule has 7 heteroatoms. The lowest BCUT2D eigenvalue weighted by Crippen LogP contribution is -2.23. The Labute approximate surface area is 152 Å². The molecular weight excluding hydrogens is 415 g/mol. The number of methoxy groups -OCH3 is 1. The number of nitrogens with two attached hydrogens (primary N) is 1. The zero-order chi connectivity index (χ0) is 15.1. The van der Waals surface area contributed by atoms with Crippen molar-refractivity contribution >= 4 is 47.2 Å². The number of guanidine groups is 1. The molecule has 0 bridgehead atoms. The molecule has 22 heavy (non-hydrogen) atoms. The number of hydrogen-bond donors (Lipinski definition) is 2. The first-order valence-corrected chi connectivity index (χ1v) is 6.81. The van der Waals surface area contributed by atoms with Crippen LogP contribution in [0.5, 0.6) is 0 Å². The molecule has 0 saturated heterocycles. The maximum Gasteiger partial charge on any atom is 0.193 e. The molecule has 1 heterocycles. The molecular formula is C15H18ClIN4O. The highest BCUT2D eigenvalue weighted by Gasteiger charge is 2.02. The number of benzene rings is 1. The van der Waals surface area contributed by atoms with Crippen molar-refractivity contribution in [3.63, 3.8) is 0 Å². The van der Waals surface area contributed by atoms with Crippen LogP contribution >= 0.6 is 35.6 Å². The third-order valence-corrected chi connectivity index (χ3v) is 3.00. The number of aromatic nitrogens is 1. The molecule has 0 unspecified atom stereocenters. The van der Waals surface area contributed by atoms with Gasteiger partial charge in [-0.25, -0.2) is 4.99 Å². The molecule has 0 atom stereocenters. The van der Waals surface area contributed by atoms with Crippen molar-refractivity contribution in [2.24, 2.45) is 10.7 Å². The molecule has 2 aromatic rings. The fraction of sp³-hybridized carbons (Fsp3) is 0.200. The Hall–Kier alpha value is -1.38. The van der Waals surface area contributed by atoms with Gasteiger partial charge in [0.1, 0.15) is 0 Å². The highest BCUT2D eigenvalue weighted by atomic mass is 127.